The monoisotopic (exact) mass is 558 g/mol. The Bertz CT molecular complexity index is 1490. The van der Waals surface area contributed by atoms with Crippen molar-refractivity contribution in [1.82, 2.24) is 15.1 Å². The van der Waals surface area contributed by atoms with Gasteiger partial charge >= 0.3 is 0 Å². The second-order valence-corrected chi connectivity index (χ2v) is 11.1. The van der Waals surface area contributed by atoms with Gasteiger partial charge in [0.25, 0.3) is 0 Å². The summed E-state index contributed by atoms with van der Waals surface area (Å²) in [5, 5.41) is 7.66. The number of anilines is 1. The van der Waals surface area contributed by atoms with Crippen LogP contribution in [0.5, 0.6) is 5.75 Å². The van der Waals surface area contributed by atoms with Crippen molar-refractivity contribution in [2.24, 2.45) is 5.92 Å². The van der Waals surface area contributed by atoms with E-state index < -0.39 is 0 Å². The van der Waals surface area contributed by atoms with Crippen LogP contribution in [-0.2, 0) is 9.59 Å². The molecule has 0 saturated carbocycles. The molecule has 1 aliphatic heterocycles. The van der Waals surface area contributed by atoms with Gasteiger partial charge in [-0.3, -0.25) is 14.5 Å². The third-order valence-electron chi connectivity index (χ3n) is 6.64. The predicted octanol–water partition coefficient (Wildman–Crippen LogP) is 5.63. The molecular weight excluding hydrogens is 527 g/mol. The number of fused-ring (bicyclic) bond motifs is 1. The standard InChI is InChI=1S/C31H31FN4O3S/c1-20(2)17-33-26(37)18-35-27(38)19-40-30(22-9-11-23(32)12-10-22)28-29(21-7-5-4-6-8-21)34-36(31(28)35)24-13-15-25(39-3)16-14-24/h4-16,20,30H,17-19H2,1-3H3,(H,33,37)/t30-/m0/s1. The number of nitrogens with one attached hydrogen (secondary N) is 1. The fourth-order valence-electron chi connectivity index (χ4n) is 4.65. The molecule has 1 atom stereocenters. The van der Waals surface area contributed by atoms with Gasteiger partial charge in [0, 0.05) is 17.7 Å². The van der Waals surface area contributed by atoms with Crippen LogP contribution < -0.4 is 15.0 Å². The summed E-state index contributed by atoms with van der Waals surface area (Å²) in [6.07, 6.45) is 0. The molecule has 3 aromatic carbocycles. The number of thioether (sulfide) groups is 1. The van der Waals surface area contributed by atoms with Crippen LogP contribution in [0.3, 0.4) is 0 Å². The number of hydrogen-bond donors (Lipinski definition) is 1. The number of carbonyl (C=O) groups is 2. The Balaban J connectivity index is 1.75. The molecule has 1 aromatic heterocycles. The van der Waals surface area contributed by atoms with Gasteiger partial charge in [-0.05, 0) is 47.9 Å². The molecule has 0 aliphatic carbocycles. The van der Waals surface area contributed by atoms with Crippen molar-refractivity contribution in [1.29, 1.82) is 0 Å². The highest BCUT2D eigenvalue weighted by Crippen LogP contribution is 2.48. The minimum absolute atomic E-state index is 0.144. The average molecular weight is 559 g/mol. The molecule has 0 saturated heterocycles. The summed E-state index contributed by atoms with van der Waals surface area (Å²) in [5.74, 6) is 0.836. The van der Waals surface area contributed by atoms with Gasteiger partial charge in [-0.1, -0.05) is 56.3 Å². The van der Waals surface area contributed by atoms with Crippen LogP contribution in [0.25, 0.3) is 16.9 Å². The molecule has 1 aliphatic rings. The van der Waals surface area contributed by atoms with Gasteiger partial charge < -0.3 is 10.1 Å². The van der Waals surface area contributed by atoms with Crippen molar-refractivity contribution in [2.75, 3.05) is 30.9 Å². The summed E-state index contributed by atoms with van der Waals surface area (Å²) in [6, 6.07) is 23.5. The zero-order valence-electron chi connectivity index (χ0n) is 22.6. The summed E-state index contributed by atoms with van der Waals surface area (Å²) in [5.41, 5.74) is 3.91. The Kier molecular flexibility index (Phi) is 8.21. The number of hydrogen-bond acceptors (Lipinski definition) is 5. The van der Waals surface area contributed by atoms with Gasteiger partial charge in [-0.25, -0.2) is 9.07 Å². The largest absolute Gasteiger partial charge is 0.497 e. The van der Waals surface area contributed by atoms with E-state index >= 15 is 0 Å². The molecule has 9 heteroatoms. The summed E-state index contributed by atoms with van der Waals surface area (Å²) >= 11 is 1.45. The van der Waals surface area contributed by atoms with Crippen LogP contribution in [0.15, 0.2) is 78.9 Å². The van der Waals surface area contributed by atoms with Crippen molar-refractivity contribution in [3.63, 3.8) is 0 Å². The average Bonchev–Trinajstić information content (AvgIpc) is 3.30. The van der Waals surface area contributed by atoms with Gasteiger partial charge in [0.1, 0.15) is 23.9 Å². The van der Waals surface area contributed by atoms with Crippen molar-refractivity contribution in [2.45, 2.75) is 19.1 Å². The zero-order valence-corrected chi connectivity index (χ0v) is 23.5. The molecule has 0 bridgehead atoms. The number of carbonyl (C=O) groups excluding carboxylic acids is 2. The lowest BCUT2D eigenvalue weighted by atomic mass is 9.99. The molecule has 0 fully saturated rings. The van der Waals surface area contributed by atoms with Gasteiger partial charge in [-0.15, -0.1) is 11.8 Å². The van der Waals surface area contributed by atoms with Crippen molar-refractivity contribution in [3.05, 3.63) is 95.8 Å². The summed E-state index contributed by atoms with van der Waals surface area (Å²) in [7, 11) is 1.60. The predicted molar refractivity (Wildman–Crippen MR) is 156 cm³/mol. The highest BCUT2D eigenvalue weighted by Gasteiger charge is 2.37. The van der Waals surface area contributed by atoms with Crippen LogP contribution in [-0.4, -0.2) is 47.5 Å². The Morgan fingerprint density at radius 3 is 2.42 bits per heavy atom. The first-order chi connectivity index (χ1) is 19.4. The number of aromatic nitrogens is 2. The first kappa shape index (κ1) is 27.5. The van der Waals surface area contributed by atoms with E-state index in [4.69, 9.17) is 9.84 Å². The van der Waals surface area contributed by atoms with E-state index in [1.54, 1.807) is 23.9 Å². The van der Waals surface area contributed by atoms with Crippen LogP contribution >= 0.6 is 11.8 Å². The summed E-state index contributed by atoms with van der Waals surface area (Å²) in [6.45, 7) is 4.40. The second kappa shape index (κ2) is 12.0. The van der Waals surface area contributed by atoms with E-state index in [0.717, 1.165) is 16.7 Å². The molecule has 2 heterocycles. The van der Waals surface area contributed by atoms with Crippen molar-refractivity contribution in [3.8, 4) is 22.7 Å². The molecule has 206 valence electrons. The molecule has 0 radical (unpaired) electrons. The molecular formula is C31H31FN4O3S. The summed E-state index contributed by atoms with van der Waals surface area (Å²) in [4.78, 5) is 28.3. The lowest BCUT2D eigenvalue weighted by Crippen LogP contribution is -2.43. The Labute approximate surface area is 237 Å². The van der Waals surface area contributed by atoms with E-state index in [9.17, 15) is 14.0 Å². The Hall–Kier alpha value is -4.11. The van der Waals surface area contributed by atoms with Crippen LogP contribution in [0.2, 0.25) is 0 Å². The van der Waals surface area contributed by atoms with Gasteiger partial charge in [0.15, 0.2) is 0 Å². The highest BCUT2D eigenvalue weighted by molar-refractivity contribution is 8.00. The number of nitrogens with zero attached hydrogens (tertiary/aromatic N) is 3. The SMILES string of the molecule is COc1ccc(-n2nc(-c3ccccc3)c3c2N(CC(=O)NCC(C)C)C(=O)CS[C@H]3c2ccc(F)cc2)cc1. The van der Waals surface area contributed by atoms with Crippen LogP contribution in [0.1, 0.15) is 30.2 Å². The second-order valence-electron chi connectivity index (χ2n) is 9.98. The number of methoxy groups -OCH3 is 1. The maximum Gasteiger partial charge on any atom is 0.240 e. The molecule has 40 heavy (non-hydrogen) atoms. The van der Waals surface area contributed by atoms with Gasteiger partial charge in [-0.2, -0.15) is 5.10 Å². The molecule has 2 amide bonds. The first-order valence-corrected chi connectivity index (χ1v) is 14.2. The third kappa shape index (κ3) is 5.74. The first-order valence-electron chi connectivity index (χ1n) is 13.1. The maximum absolute atomic E-state index is 13.9. The van der Waals surface area contributed by atoms with Crippen LogP contribution in [0.4, 0.5) is 10.2 Å². The van der Waals surface area contributed by atoms with Crippen molar-refractivity contribution < 1.29 is 18.7 Å². The smallest absolute Gasteiger partial charge is 0.240 e. The number of rotatable bonds is 8. The van der Waals surface area contributed by atoms with Crippen LogP contribution in [0, 0.1) is 11.7 Å². The molecule has 4 aromatic rings. The quantitative estimate of drug-likeness (QED) is 0.304. The minimum Gasteiger partial charge on any atom is -0.497 e. The number of ether oxygens (including phenoxy) is 1. The maximum atomic E-state index is 13.9. The molecule has 1 N–H and O–H groups in total. The van der Waals surface area contributed by atoms with E-state index in [-0.39, 0.29) is 41.1 Å². The van der Waals surface area contributed by atoms with Gasteiger partial charge in [0.2, 0.25) is 11.8 Å². The lowest BCUT2D eigenvalue weighted by molar-refractivity contribution is -0.123. The Morgan fingerprint density at radius 1 is 1.07 bits per heavy atom. The topological polar surface area (TPSA) is 76.5 Å². The van der Waals surface area contributed by atoms with Crippen molar-refractivity contribution >= 4 is 29.4 Å². The fourth-order valence-corrected chi connectivity index (χ4v) is 5.85. The number of benzene rings is 3. The fraction of sp³-hybridized carbons (Fsp3) is 0.258. The van der Waals surface area contributed by atoms with E-state index in [1.807, 2.05) is 68.4 Å². The number of halogens is 1. The molecule has 0 spiro atoms. The third-order valence-corrected chi connectivity index (χ3v) is 7.89. The highest BCUT2D eigenvalue weighted by atomic mass is 32.2. The van der Waals surface area contributed by atoms with E-state index in [2.05, 4.69) is 5.32 Å². The molecule has 5 rings (SSSR count). The minimum atomic E-state index is -0.334. The normalized spacial score (nSPS) is 15.1. The Morgan fingerprint density at radius 2 is 1.77 bits per heavy atom. The molecule has 7 nitrogen and oxygen atoms in total. The molecule has 0 unspecified atom stereocenters. The number of amides is 2. The lowest BCUT2D eigenvalue weighted by Gasteiger charge is -2.23. The zero-order chi connectivity index (χ0) is 28.2. The van der Waals surface area contributed by atoms with Gasteiger partial charge in [0.05, 0.1) is 29.5 Å². The van der Waals surface area contributed by atoms with E-state index in [0.29, 0.717) is 29.5 Å². The summed E-state index contributed by atoms with van der Waals surface area (Å²) < 4.78 is 21.0. The van der Waals surface area contributed by atoms with E-state index in [1.165, 1.54) is 28.8 Å².